The molecule has 0 aliphatic rings. The lowest BCUT2D eigenvalue weighted by molar-refractivity contribution is -0.116. The van der Waals surface area contributed by atoms with Crippen LogP contribution in [-0.2, 0) is 4.79 Å². The van der Waals surface area contributed by atoms with Gasteiger partial charge >= 0.3 is 0 Å². The van der Waals surface area contributed by atoms with Crippen molar-refractivity contribution in [3.05, 3.63) is 17.8 Å². The molecule has 80 valence electrons. The van der Waals surface area contributed by atoms with Crippen molar-refractivity contribution in [2.24, 2.45) is 11.5 Å². The Balaban J connectivity index is 3.02. The van der Waals surface area contributed by atoms with Gasteiger partial charge in [0.15, 0.2) is 5.82 Å². The SMILES string of the molecule is CN(CC(N)=O)c1nnccc1C(N)=S. The minimum absolute atomic E-state index is 0.0360. The maximum absolute atomic E-state index is 10.7. The van der Waals surface area contributed by atoms with Crippen LogP contribution in [0.5, 0.6) is 0 Å². The quantitative estimate of drug-likeness (QED) is 0.640. The number of aromatic nitrogens is 2. The van der Waals surface area contributed by atoms with Gasteiger partial charge in [0.25, 0.3) is 0 Å². The molecule has 1 heterocycles. The average molecular weight is 225 g/mol. The standard InChI is InChI=1S/C8H11N5OS/c1-13(4-6(9)14)8-5(7(10)15)2-3-11-12-8/h2-3H,4H2,1H3,(H2,9,14)(H2,10,15). The summed E-state index contributed by atoms with van der Waals surface area (Å²) in [5, 5.41) is 7.55. The van der Waals surface area contributed by atoms with Crippen LogP contribution in [0.4, 0.5) is 5.82 Å². The van der Waals surface area contributed by atoms with Gasteiger partial charge in [0.1, 0.15) is 4.99 Å². The van der Waals surface area contributed by atoms with E-state index in [-0.39, 0.29) is 11.5 Å². The normalized spacial score (nSPS) is 9.67. The first-order valence-electron chi connectivity index (χ1n) is 4.13. The molecular weight excluding hydrogens is 214 g/mol. The smallest absolute Gasteiger partial charge is 0.236 e. The molecule has 1 rings (SSSR count). The van der Waals surface area contributed by atoms with Gasteiger partial charge < -0.3 is 16.4 Å². The van der Waals surface area contributed by atoms with E-state index in [1.807, 2.05) is 0 Å². The molecule has 0 aliphatic heterocycles. The lowest BCUT2D eigenvalue weighted by atomic mass is 10.2. The predicted octanol–water partition coefficient (Wildman–Crippen LogP) is -0.968. The van der Waals surface area contributed by atoms with E-state index in [2.05, 4.69) is 10.2 Å². The second kappa shape index (κ2) is 4.65. The summed E-state index contributed by atoms with van der Waals surface area (Å²) >= 11 is 4.85. The summed E-state index contributed by atoms with van der Waals surface area (Å²) in [5.41, 5.74) is 11.1. The first-order chi connectivity index (χ1) is 7.02. The van der Waals surface area contributed by atoms with Crippen molar-refractivity contribution in [3.8, 4) is 0 Å². The molecule has 0 spiro atoms. The van der Waals surface area contributed by atoms with Gasteiger partial charge in [-0.1, -0.05) is 12.2 Å². The lowest BCUT2D eigenvalue weighted by Gasteiger charge is -2.17. The number of anilines is 1. The van der Waals surface area contributed by atoms with Gasteiger partial charge in [0.05, 0.1) is 18.3 Å². The number of nitrogens with two attached hydrogens (primary N) is 2. The molecule has 0 bridgehead atoms. The number of carbonyl (C=O) groups excluding carboxylic acids is 1. The van der Waals surface area contributed by atoms with Crippen LogP contribution in [0.1, 0.15) is 5.56 Å². The van der Waals surface area contributed by atoms with E-state index in [9.17, 15) is 4.79 Å². The summed E-state index contributed by atoms with van der Waals surface area (Å²) in [6, 6.07) is 1.64. The third kappa shape index (κ3) is 2.84. The van der Waals surface area contributed by atoms with Crippen LogP contribution in [0.3, 0.4) is 0 Å². The van der Waals surface area contributed by atoms with Gasteiger partial charge in [-0.3, -0.25) is 4.79 Å². The number of hydrogen-bond acceptors (Lipinski definition) is 5. The third-order valence-electron chi connectivity index (χ3n) is 1.72. The topological polar surface area (TPSA) is 98.1 Å². The minimum Gasteiger partial charge on any atom is -0.389 e. The fourth-order valence-electron chi connectivity index (χ4n) is 1.11. The van der Waals surface area contributed by atoms with Crippen LogP contribution in [0.25, 0.3) is 0 Å². The Kier molecular flexibility index (Phi) is 3.51. The number of primary amides is 1. The second-order valence-electron chi connectivity index (χ2n) is 2.96. The molecular formula is C8H11N5OS. The van der Waals surface area contributed by atoms with Crippen molar-refractivity contribution >= 4 is 28.9 Å². The predicted molar refractivity (Wildman–Crippen MR) is 60.4 cm³/mol. The Bertz CT molecular complexity index is 394. The summed E-state index contributed by atoms with van der Waals surface area (Å²) in [4.78, 5) is 12.5. The number of thiocarbonyl (C=S) groups is 1. The van der Waals surface area contributed by atoms with E-state index >= 15 is 0 Å². The summed E-state index contributed by atoms with van der Waals surface area (Å²) < 4.78 is 0. The number of rotatable bonds is 4. The van der Waals surface area contributed by atoms with Crippen LogP contribution in [0.15, 0.2) is 12.3 Å². The minimum atomic E-state index is -0.461. The van der Waals surface area contributed by atoms with Crippen LogP contribution < -0.4 is 16.4 Å². The number of amides is 1. The van der Waals surface area contributed by atoms with E-state index in [0.29, 0.717) is 11.4 Å². The fraction of sp³-hybridized carbons (Fsp3) is 0.250. The van der Waals surface area contributed by atoms with Crippen molar-refractivity contribution in [2.75, 3.05) is 18.5 Å². The largest absolute Gasteiger partial charge is 0.389 e. The van der Waals surface area contributed by atoms with Crippen LogP contribution >= 0.6 is 12.2 Å². The zero-order chi connectivity index (χ0) is 11.4. The Labute approximate surface area is 92.3 Å². The maximum Gasteiger partial charge on any atom is 0.236 e. The summed E-state index contributed by atoms with van der Waals surface area (Å²) in [6.45, 7) is 0.0360. The zero-order valence-corrected chi connectivity index (χ0v) is 8.99. The van der Waals surface area contributed by atoms with Gasteiger partial charge in [-0.15, -0.1) is 5.10 Å². The summed E-state index contributed by atoms with van der Waals surface area (Å²) in [6.07, 6.45) is 1.48. The molecule has 0 atom stereocenters. The van der Waals surface area contributed by atoms with E-state index in [4.69, 9.17) is 23.7 Å². The first-order valence-corrected chi connectivity index (χ1v) is 4.54. The molecule has 1 amide bonds. The average Bonchev–Trinajstić information content (AvgIpc) is 2.16. The van der Waals surface area contributed by atoms with Crippen LogP contribution in [-0.4, -0.2) is 34.7 Å². The Hall–Kier alpha value is -1.76. The van der Waals surface area contributed by atoms with Crippen molar-refractivity contribution in [1.29, 1.82) is 0 Å². The van der Waals surface area contributed by atoms with E-state index < -0.39 is 5.91 Å². The zero-order valence-electron chi connectivity index (χ0n) is 8.17. The number of carbonyl (C=O) groups is 1. The molecule has 0 radical (unpaired) electrons. The molecule has 0 fully saturated rings. The number of hydrogen-bond donors (Lipinski definition) is 2. The van der Waals surface area contributed by atoms with Crippen LogP contribution in [0.2, 0.25) is 0 Å². The van der Waals surface area contributed by atoms with Crippen molar-refractivity contribution < 1.29 is 4.79 Å². The van der Waals surface area contributed by atoms with E-state index in [1.165, 1.54) is 6.20 Å². The van der Waals surface area contributed by atoms with Crippen molar-refractivity contribution in [2.45, 2.75) is 0 Å². The summed E-state index contributed by atoms with van der Waals surface area (Å²) in [5.74, 6) is -0.0131. The van der Waals surface area contributed by atoms with Gasteiger partial charge in [-0.25, -0.2) is 0 Å². The highest BCUT2D eigenvalue weighted by atomic mass is 32.1. The summed E-state index contributed by atoms with van der Waals surface area (Å²) in [7, 11) is 1.66. The highest BCUT2D eigenvalue weighted by Gasteiger charge is 2.12. The Morgan fingerprint density at radius 1 is 1.60 bits per heavy atom. The van der Waals surface area contributed by atoms with Crippen molar-refractivity contribution in [3.63, 3.8) is 0 Å². The Morgan fingerprint density at radius 2 is 2.27 bits per heavy atom. The molecule has 4 N–H and O–H groups in total. The molecule has 7 heteroatoms. The molecule has 0 aromatic carbocycles. The Morgan fingerprint density at radius 3 is 2.80 bits per heavy atom. The molecule has 0 aliphatic carbocycles. The highest BCUT2D eigenvalue weighted by molar-refractivity contribution is 7.80. The van der Waals surface area contributed by atoms with Gasteiger partial charge in [0, 0.05) is 7.05 Å². The molecule has 0 unspecified atom stereocenters. The monoisotopic (exact) mass is 225 g/mol. The third-order valence-corrected chi connectivity index (χ3v) is 1.94. The van der Waals surface area contributed by atoms with Gasteiger partial charge in [-0.05, 0) is 6.07 Å². The fourth-order valence-corrected chi connectivity index (χ4v) is 1.27. The van der Waals surface area contributed by atoms with Crippen LogP contribution in [0, 0.1) is 0 Å². The maximum atomic E-state index is 10.7. The number of nitrogens with zero attached hydrogens (tertiary/aromatic N) is 3. The van der Waals surface area contributed by atoms with E-state index in [0.717, 1.165) is 0 Å². The van der Waals surface area contributed by atoms with Gasteiger partial charge in [0.2, 0.25) is 5.91 Å². The van der Waals surface area contributed by atoms with E-state index in [1.54, 1.807) is 18.0 Å². The molecule has 1 aromatic heterocycles. The molecule has 0 saturated heterocycles. The van der Waals surface area contributed by atoms with Gasteiger partial charge in [-0.2, -0.15) is 5.10 Å². The number of likely N-dealkylation sites (N-methyl/N-ethyl adjacent to an activating group) is 1. The first kappa shape index (κ1) is 11.3. The lowest BCUT2D eigenvalue weighted by Crippen LogP contribution is -2.32. The molecule has 0 saturated carbocycles. The highest BCUT2D eigenvalue weighted by Crippen LogP contribution is 2.13. The molecule has 1 aromatic rings. The second-order valence-corrected chi connectivity index (χ2v) is 3.39. The molecule has 6 nitrogen and oxygen atoms in total. The van der Waals surface area contributed by atoms with Crippen molar-refractivity contribution in [1.82, 2.24) is 10.2 Å². The molecule has 15 heavy (non-hydrogen) atoms.